The highest BCUT2D eigenvalue weighted by atomic mass is 35.5. The van der Waals surface area contributed by atoms with Crippen molar-refractivity contribution in [2.75, 3.05) is 7.11 Å². The molecule has 2 atom stereocenters. The molecule has 0 heterocycles. The lowest BCUT2D eigenvalue weighted by Gasteiger charge is -2.22. The second-order valence-electron chi connectivity index (χ2n) is 3.10. The summed E-state index contributed by atoms with van der Waals surface area (Å²) in [4.78, 5) is 0. The number of methoxy groups -OCH3 is 1. The Morgan fingerprint density at radius 1 is 1.43 bits per heavy atom. The Morgan fingerprint density at radius 3 is 2.57 bits per heavy atom. The van der Waals surface area contributed by atoms with E-state index in [4.69, 9.17) is 21.5 Å². The Hall–Kier alpha value is -0.610. The molecule has 0 spiro atoms. The maximum Gasteiger partial charge on any atom is 0.101 e. The van der Waals surface area contributed by atoms with Crippen LogP contribution >= 0.6 is 11.6 Å². The summed E-state index contributed by atoms with van der Waals surface area (Å²) in [5, 5.41) is 9.46. The van der Waals surface area contributed by atoms with Crippen molar-refractivity contribution in [1.82, 2.24) is 5.48 Å². The van der Waals surface area contributed by atoms with Crippen molar-refractivity contribution in [2.24, 2.45) is 0 Å². The van der Waals surface area contributed by atoms with Crippen LogP contribution in [0.2, 0.25) is 5.02 Å². The van der Waals surface area contributed by atoms with Crippen LogP contribution in [0.1, 0.15) is 18.6 Å². The van der Waals surface area contributed by atoms with Crippen molar-refractivity contribution in [1.29, 1.82) is 0 Å². The summed E-state index contributed by atoms with van der Waals surface area (Å²) in [6, 6.07) is 7.21. The molecule has 0 bridgehead atoms. The highest BCUT2D eigenvalue weighted by Crippen LogP contribution is 2.27. The van der Waals surface area contributed by atoms with E-state index in [1.807, 2.05) is 25.1 Å². The molecule has 0 saturated heterocycles. The van der Waals surface area contributed by atoms with Gasteiger partial charge >= 0.3 is 0 Å². The fraction of sp³-hybridized carbons (Fsp3) is 0.400. The molecule has 1 rings (SSSR count). The standard InChI is InChI=1S/C10H14ClNO2/c1-7(12-13)10(14-2)8-5-3-4-6-9(8)11/h3-7,10,12-13H,1-2H3. The van der Waals surface area contributed by atoms with Gasteiger partial charge in [-0.2, -0.15) is 5.48 Å². The summed E-state index contributed by atoms with van der Waals surface area (Å²) >= 11 is 6.01. The number of nitrogens with one attached hydrogen (secondary N) is 1. The summed E-state index contributed by atoms with van der Waals surface area (Å²) in [6.45, 7) is 1.82. The SMILES string of the molecule is COC(c1ccccc1Cl)C(C)NO. The van der Waals surface area contributed by atoms with E-state index in [0.29, 0.717) is 5.02 Å². The molecular weight excluding hydrogens is 202 g/mol. The van der Waals surface area contributed by atoms with Crippen molar-refractivity contribution in [2.45, 2.75) is 19.1 Å². The maximum absolute atomic E-state index is 8.82. The summed E-state index contributed by atoms with van der Waals surface area (Å²) < 4.78 is 5.26. The molecule has 1 aromatic rings. The van der Waals surface area contributed by atoms with E-state index >= 15 is 0 Å². The number of hydroxylamine groups is 1. The Kier molecular flexibility index (Phi) is 4.35. The topological polar surface area (TPSA) is 41.5 Å². The first kappa shape index (κ1) is 11.5. The molecule has 0 aliphatic carbocycles. The van der Waals surface area contributed by atoms with Crippen molar-refractivity contribution < 1.29 is 9.94 Å². The number of hydrogen-bond acceptors (Lipinski definition) is 3. The minimum Gasteiger partial charge on any atom is -0.375 e. The van der Waals surface area contributed by atoms with E-state index in [1.165, 1.54) is 0 Å². The molecule has 3 nitrogen and oxygen atoms in total. The minimum absolute atomic E-state index is 0.208. The summed E-state index contributed by atoms with van der Waals surface area (Å²) in [7, 11) is 1.59. The number of ether oxygens (including phenoxy) is 1. The van der Waals surface area contributed by atoms with Gasteiger partial charge in [0, 0.05) is 17.7 Å². The molecule has 1 aromatic carbocycles. The summed E-state index contributed by atoms with van der Waals surface area (Å²) in [5.41, 5.74) is 3.02. The third kappa shape index (κ3) is 2.45. The highest BCUT2D eigenvalue weighted by Gasteiger charge is 2.20. The van der Waals surface area contributed by atoms with Crippen LogP contribution in [-0.4, -0.2) is 18.4 Å². The van der Waals surface area contributed by atoms with E-state index in [-0.39, 0.29) is 12.1 Å². The van der Waals surface area contributed by atoms with Gasteiger partial charge in [0.05, 0.1) is 6.04 Å². The van der Waals surface area contributed by atoms with E-state index < -0.39 is 0 Å². The molecule has 4 heteroatoms. The Morgan fingerprint density at radius 2 is 2.07 bits per heavy atom. The molecule has 0 saturated carbocycles. The van der Waals surface area contributed by atoms with Crippen molar-refractivity contribution >= 4 is 11.6 Å². The molecule has 0 radical (unpaired) electrons. The predicted octanol–water partition coefficient (Wildman–Crippen LogP) is 2.39. The van der Waals surface area contributed by atoms with E-state index in [9.17, 15) is 0 Å². The second-order valence-corrected chi connectivity index (χ2v) is 3.50. The summed E-state index contributed by atoms with van der Waals surface area (Å²) in [6.07, 6.45) is -0.256. The highest BCUT2D eigenvalue weighted by molar-refractivity contribution is 6.31. The largest absolute Gasteiger partial charge is 0.375 e. The third-order valence-electron chi connectivity index (χ3n) is 2.12. The zero-order chi connectivity index (χ0) is 10.6. The van der Waals surface area contributed by atoms with Gasteiger partial charge in [0.15, 0.2) is 0 Å². The maximum atomic E-state index is 8.82. The van der Waals surface area contributed by atoms with E-state index in [1.54, 1.807) is 13.2 Å². The molecule has 0 aliphatic rings. The molecule has 2 N–H and O–H groups in total. The third-order valence-corrected chi connectivity index (χ3v) is 2.47. The fourth-order valence-electron chi connectivity index (χ4n) is 1.37. The average Bonchev–Trinajstić information content (AvgIpc) is 2.21. The zero-order valence-electron chi connectivity index (χ0n) is 8.20. The fourth-order valence-corrected chi connectivity index (χ4v) is 1.62. The first-order chi connectivity index (χ1) is 6.70. The van der Waals surface area contributed by atoms with Crippen LogP contribution in [0.3, 0.4) is 0 Å². The first-order valence-electron chi connectivity index (χ1n) is 4.37. The second kappa shape index (κ2) is 5.32. The summed E-state index contributed by atoms with van der Waals surface area (Å²) in [5.74, 6) is 0. The number of halogens is 1. The van der Waals surface area contributed by atoms with Crippen LogP contribution in [0.25, 0.3) is 0 Å². The van der Waals surface area contributed by atoms with Gasteiger partial charge in [-0.15, -0.1) is 0 Å². The van der Waals surface area contributed by atoms with E-state index in [2.05, 4.69) is 5.48 Å². The number of benzene rings is 1. The van der Waals surface area contributed by atoms with Gasteiger partial charge in [-0.05, 0) is 13.0 Å². The first-order valence-corrected chi connectivity index (χ1v) is 4.75. The Bertz CT molecular complexity index is 293. The molecule has 0 aromatic heterocycles. The number of hydrogen-bond donors (Lipinski definition) is 2. The van der Waals surface area contributed by atoms with Gasteiger partial charge in [-0.1, -0.05) is 29.8 Å². The lowest BCUT2D eigenvalue weighted by molar-refractivity contribution is 0.0172. The molecule has 78 valence electrons. The quantitative estimate of drug-likeness (QED) is 0.758. The lowest BCUT2D eigenvalue weighted by Crippen LogP contribution is -2.30. The normalized spacial score (nSPS) is 15.1. The van der Waals surface area contributed by atoms with Crippen molar-refractivity contribution in [3.05, 3.63) is 34.9 Å². The van der Waals surface area contributed by atoms with Crippen LogP contribution < -0.4 is 5.48 Å². The minimum atomic E-state index is -0.256. The van der Waals surface area contributed by atoms with Crippen LogP contribution in [0, 0.1) is 0 Å². The van der Waals surface area contributed by atoms with Gasteiger partial charge in [-0.25, -0.2) is 0 Å². The lowest BCUT2D eigenvalue weighted by atomic mass is 10.0. The van der Waals surface area contributed by atoms with Gasteiger partial charge in [0.1, 0.15) is 6.10 Å². The van der Waals surface area contributed by atoms with Gasteiger partial charge in [0.2, 0.25) is 0 Å². The van der Waals surface area contributed by atoms with Gasteiger partial charge in [0.25, 0.3) is 0 Å². The van der Waals surface area contributed by atoms with Crippen LogP contribution in [0.15, 0.2) is 24.3 Å². The predicted molar refractivity (Wildman–Crippen MR) is 55.6 cm³/mol. The van der Waals surface area contributed by atoms with Crippen molar-refractivity contribution in [3.8, 4) is 0 Å². The molecular formula is C10H14ClNO2. The Balaban J connectivity index is 2.94. The average molecular weight is 216 g/mol. The van der Waals surface area contributed by atoms with Crippen LogP contribution in [0.4, 0.5) is 0 Å². The monoisotopic (exact) mass is 215 g/mol. The van der Waals surface area contributed by atoms with Gasteiger partial charge < -0.3 is 9.94 Å². The molecule has 0 aliphatic heterocycles. The van der Waals surface area contributed by atoms with Crippen molar-refractivity contribution in [3.63, 3.8) is 0 Å². The van der Waals surface area contributed by atoms with Crippen LogP contribution in [0.5, 0.6) is 0 Å². The molecule has 14 heavy (non-hydrogen) atoms. The molecule has 0 amide bonds. The molecule has 0 fully saturated rings. The zero-order valence-corrected chi connectivity index (χ0v) is 8.95. The van der Waals surface area contributed by atoms with Gasteiger partial charge in [-0.3, -0.25) is 0 Å². The smallest absolute Gasteiger partial charge is 0.101 e. The Labute approximate surface area is 88.6 Å². The van der Waals surface area contributed by atoms with Crippen LogP contribution in [-0.2, 0) is 4.74 Å². The van der Waals surface area contributed by atoms with E-state index in [0.717, 1.165) is 5.56 Å². The number of rotatable bonds is 4. The molecule has 2 unspecified atom stereocenters.